The van der Waals surface area contributed by atoms with Crippen LogP contribution in [0, 0.1) is 17.8 Å². The molecule has 1 aromatic heterocycles. The molecule has 6 rings (SSSR count). The van der Waals surface area contributed by atoms with Crippen molar-refractivity contribution in [2.24, 2.45) is 17.8 Å². The summed E-state index contributed by atoms with van der Waals surface area (Å²) < 4.78 is 45.4. The number of alkyl carbamates (subject to hydrolysis) is 1. The van der Waals surface area contributed by atoms with E-state index in [4.69, 9.17) is 19.2 Å². The fourth-order valence-corrected chi connectivity index (χ4v) is 8.55. The number of carbonyl (C=O) groups excluding carboxylic acids is 4. The number of hydrogen-bond donors (Lipinski definition) is 3. The third kappa shape index (κ3) is 9.26. The Hall–Kier alpha value is -5.18. The molecule has 56 heavy (non-hydrogen) atoms. The number of benzene rings is 2. The highest BCUT2D eigenvalue weighted by Crippen LogP contribution is 2.45. The quantitative estimate of drug-likeness (QED) is 0.193. The maximum atomic E-state index is 14.5. The molecule has 14 nitrogen and oxygen atoms in total. The Morgan fingerprint density at radius 2 is 1.79 bits per heavy atom. The van der Waals surface area contributed by atoms with Crippen LogP contribution in [0.5, 0.6) is 11.5 Å². The van der Waals surface area contributed by atoms with Gasteiger partial charge in [-0.05, 0) is 64.0 Å². The summed E-state index contributed by atoms with van der Waals surface area (Å²) >= 11 is 0. The fourth-order valence-electron chi connectivity index (χ4n) is 7.04. The van der Waals surface area contributed by atoms with Gasteiger partial charge in [-0.3, -0.25) is 19.1 Å². The molecule has 3 fully saturated rings. The van der Waals surface area contributed by atoms with Crippen LogP contribution in [0.1, 0.15) is 60.3 Å². The molecule has 0 spiro atoms. The molecule has 2 aliphatic carbocycles. The number of nitrogens with zero attached hydrogens (tertiary/aromatic N) is 2. The first-order valence-corrected chi connectivity index (χ1v) is 20.6. The topological polar surface area (TPSA) is 182 Å². The third-order valence-electron chi connectivity index (χ3n) is 10.2. The normalized spacial score (nSPS) is 22.6. The lowest BCUT2D eigenvalue weighted by molar-refractivity contribution is -0.141. The third-order valence-corrected chi connectivity index (χ3v) is 11.7. The smallest absolute Gasteiger partial charge is 0.408 e. The molecule has 3 aliphatic rings. The number of sulfonamides is 1. The molecule has 2 aromatic carbocycles. The number of aromatic nitrogens is 1. The van der Waals surface area contributed by atoms with E-state index < -0.39 is 75.0 Å². The van der Waals surface area contributed by atoms with E-state index in [1.807, 2.05) is 42.5 Å². The van der Waals surface area contributed by atoms with Crippen molar-refractivity contribution in [2.75, 3.05) is 19.4 Å². The van der Waals surface area contributed by atoms with E-state index in [2.05, 4.69) is 21.9 Å². The number of nitrogens with one attached hydrogen (secondary N) is 3. The summed E-state index contributed by atoms with van der Waals surface area (Å²) in [4.78, 5) is 61.6. The first-order chi connectivity index (χ1) is 26.4. The number of methoxy groups -OCH3 is 1. The van der Waals surface area contributed by atoms with Crippen molar-refractivity contribution < 1.29 is 41.8 Å². The molecule has 0 bridgehead atoms. The Morgan fingerprint density at radius 1 is 1.07 bits per heavy atom. The van der Waals surface area contributed by atoms with E-state index in [-0.39, 0.29) is 31.1 Å². The number of likely N-dealkylation sites (tertiary alicyclic amines) is 1. The number of carbonyl (C=O) groups is 4. The fraction of sp³-hybridized carbons (Fsp3) is 0.488. The van der Waals surface area contributed by atoms with Crippen molar-refractivity contribution in [3.05, 3.63) is 67.3 Å². The lowest BCUT2D eigenvalue weighted by Gasteiger charge is -2.31. The van der Waals surface area contributed by atoms with Gasteiger partial charge in [0.2, 0.25) is 21.8 Å². The second kappa shape index (κ2) is 15.8. The zero-order chi connectivity index (χ0) is 40.6. The molecule has 3 aromatic rings. The van der Waals surface area contributed by atoms with E-state index in [0.717, 1.165) is 18.4 Å². The highest BCUT2D eigenvalue weighted by atomic mass is 32.2. The van der Waals surface area contributed by atoms with Crippen molar-refractivity contribution in [3.8, 4) is 22.8 Å². The standard InChI is InChI=1S/C41H51N5O9S/c1-8-27-21-41(27,38(49)45-56(51,52)23-25-14-15-25)44-36(47)33-19-29(22-46(33)37(48)35(24(2)3)43-39(50)55-40(4,5)6)54-34-20-31(26-12-10-9-11-13-26)42-32-18-28(53-7)16-17-30(32)34/h8-13,16-18,20,24-25,27,29,33,35H,1,14-15,19,21-23H2,2-7H3,(H,43,50)(H,44,47)(H,45,49)/t27-,29-,33+,35+,41-/m1/s1. The van der Waals surface area contributed by atoms with Crippen LogP contribution in [-0.4, -0.2) is 90.9 Å². The minimum atomic E-state index is -3.94. The first kappa shape index (κ1) is 40.5. The Kier molecular flexibility index (Phi) is 11.4. The molecule has 0 unspecified atom stereocenters. The molecule has 300 valence electrons. The van der Waals surface area contributed by atoms with Gasteiger partial charge in [0.05, 0.1) is 30.6 Å². The molecule has 1 aliphatic heterocycles. The largest absolute Gasteiger partial charge is 0.497 e. The SMILES string of the molecule is C=C[C@@H]1C[C@]1(NC(=O)[C@@H]1C[C@@H](Oc2cc(-c3ccccc3)nc3cc(OC)ccc23)CN1C(=O)[C@@H](NC(=O)OC(C)(C)C)C(C)C)C(=O)NS(=O)(=O)CC1CC1. The zero-order valence-corrected chi connectivity index (χ0v) is 33.5. The lowest BCUT2D eigenvalue weighted by Crippen LogP contribution is -2.59. The Morgan fingerprint density at radius 3 is 2.39 bits per heavy atom. The van der Waals surface area contributed by atoms with E-state index >= 15 is 0 Å². The maximum Gasteiger partial charge on any atom is 0.408 e. The predicted molar refractivity (Wildman–Crippen MR) is 210 cm³/mol. The zero-order valence-electron chi connectivity index (χ0n) is 32.7. The second-order valence-electron chi connectivity index (χ2n) is 16.3. The van der Waals surface area contributed by atoms with Crippen molar-refractivity contribution in [3.63, 3.8) is 0 Å². The minimum absolute atomic E-state index is 0.00162. The van der Waals surface area contributed by atoms with Gasteiger partial charge in [0.1, 0.15) is 40.8 Å². The number of rotatable bonds is 14. The number of fused-ring (bicyclic) bond motifs is 1. The summed E-state index contributed by atoms with van der Waals surface area (Å²) in [6.07, 6.45) is 1.70. The average Bonchev–Trinajstić information content (AvgIpc) is 4.05. The molecule has 4 amide bonds. The van der Waals surface area contributed by atoms with E-state index in [0.29, 0.717) is 28.1 Å². The summed E-state index contributed by atoms with van der Waals surface area (Å²) in [6.45, 7) is 12.4. The van der Waals surface area contributed by atoms with Gasteiger partial charge in [-0.1, -0.05) is 50.3 Å². The number of hydrogen-bond acceptors (Lipinski definition) is 10. The number of pyridine rings is 1. The summed E-state index contributed by atoms with van der Waals surface area (Å²) in [5.74, 6) is -2.11. The summed E-state index contributed by atoms with van der Waals surface area (Å²) in [5, 5.41) is 6.18. The summed E-state index contributed by atoms with van der Waals surface area (Å²) in [6, 6.07) is 14.6. The van der Waals surface area contributed by atoms with Gasteiger partial charge in [-0.2, -0.15) is 0 Å². The van der Waals surface area contributed by atoms with Crippen molar-refractivity contribution in [1.29, 1.82) is 0 Å². The van der Waals surface area contributed by atoms with Crippen LogP contribution in [0.3, 0.4) is 0 Å². The highest BCUT2D eigenvalue weighted by Gasteiger charge is 2.61. The molecule has 1 saturated heterocycles. The van der Waals surface area contributed by atoms with Crippen LogP contribution in [0.25, 0.3) is 22.2 Å². The molecule has 0 radical (unpaired) electrons. The summed E-state index contributed by atoms with van der Waals surface area (Å²) in [5.41, 5.74) is -0.306. The Bertz CT molecular complexity index is 2120. The van der Waals surface area contributed by atoms with Crippen LogP contribution in [0.2, 0.25) is 0 Å². The average molecular weight is 790 g/mol. The van der Waals surface area contributed by atoms with Crippen LogP contribution < -0.4 is 24.8 Å². The molecule has 3 N–H and O–H groups in total. The van der Waals surface area contributed by atoms with Gasteiger partial charge in [0.15, 0.2) is 0 Å². The first-order valence-electron chi connectivity index (χ1n) is 18.9. The second-order valence-corrected chi connectivity index (χ2v) is 18.0. The molecule has 5 atom stereocenters. The Balaban J connectivity index is 1.32. The molecule has 2 heterocycles. The van der Waals surface area contributed by atoms with Gasteiger partial charge in [0, 0.05) is 35.4 Å². The monoisotopic (exact) mass is 789 g/mol. The highest BCUT2D eigenvalue weighted by molar-refractivity contribution is 7.90. The molecular formula is C41H51N5O9S. The van der Waals surface area contributed by atoms with Crippen molar-refractivity contribution in [1.82, 2.24) is 25.2 Å². The molecular weight excluding hydrogens is 739 g/mol. The van der Waals surface area contributed by atoms with Gasteiger partial charge in [-0.25, -0.2) is 18.2 Å². The van der Waals surface area contributed by atoms with Crippen LogP contribution >= 0.6 is 0 Å². The lowest BCUT2D eigenvalue weighted by atomic mass is 10.0. The van der Waals surface area contributed by atoms with Gasteiger partial charge >= 0.3 is 6.09 Å². The number of ether oxygens (including phenoxy) is 3. The van der Waals surface area contributed by atoms with Gasteiger partial charge in [-0.15, -0.1) is 6.58 Å². The summed E-state index contributed by atoms with van der Waals surface area (Å²) in [7, 11) is -2.37. The predicted octanol–water partition coefficient (Wildman–Crippen LogP) is 4.72. The van der Waals surface area contributed by atoms with Crippen molar-refractivity contribution in [2.45, 2.75) is 89.6 Å². The van der Waals surface area contributed by atoms with Crippen LogP contribution in [0.4, 0.5) is 4.79 Å². The van der Waals surface area contributed by atoms with Crippen molar-refractivity contribution >= 4 is 44.7 Å². The number of amides is 4. The molecule has 15 heteroatoms. The van der Waals surface area contributed by atoms with Crippen LogP contribution in [-0.2, 0) is 29.1 Å². The van der Waals surface area contributed by atoms with Gasteiger partial charge in [0.25, 0.3) is 5.91 Å². The molecule has 2 saturated carbocycles. The van der Waals surface area contributed by atoms with Crippen LogP contribution in [0.15, 0.2) is 67.3 Å². The van der Waals surface area contributed by atoms with Gasteiger partial charge < -0.3 is 29.7 Å². The van der Waals surface area contributed by atoms with E-state index in [1.165, 1.54) is 11.0 Å². The maximum absolute atomic E-state index is 14.5. The Labute approximate surface area is 327 Å². The van der Waals surface area contributed by atoms with E-state index in [9.17, 15) is 27.6 Å². The van der Waals surface area contributed by atoms with E-state index in [1.54, 1.807) is 53.9 Å². The minimum Gasteiger partial charge on any atom is -0.497 e.